The largest absolute Gasteiger partial charge is 0.445 e. The highest BCUT2D eigenvalue weighted by atomic mass is 35.5. The van der Waals surface area contributed by atoms with E-state index >= 15 is 0 Å². The van der Waals surface area contributed by atoms with Gasteiger partial charge in [-0.1, -0.05) is 53.5 Å². The monoisotopic (exact) mass is 378 g/mol. The zero-order valence-corrected chi connectivity index (χ0v) is 15.3. The lowest BCUT2D eigenvalue weighted by atomic mass is 10.2. The highest BCUT2D eigenvalue weighted by Gasteiger charge is 2.20. The number of hydrogen-bond acceptors (Lipinski definition) is 3. The van der Waals surface area contributed by atoms with Crippen LogP contribution in [0.4, 0.5) is 10.5 Å². The molecule has 0 spiro atoms. The maximum atomic E-state index is 12.3. The van der Waals surface area contributed by atoms with Crippen molar-refractivity contribution < 1.29 is 9.53 Å². The van der Waals surface area contributed by atoms with E-state index in [2.05, 4.69) is 4.90 Å². The van der Waals surface area contributed by atoms with Crippen molar-refractivity contribution >= 4 is 35.0 Å². The third-order valence-electron chi connectivity index (χ3n) is 4.23. The Morgan fingerprint density at radius 2 is 1.76 bits per heavy atom. The van der Waals surface area contributed by atoms with Gasteiger partial charge in [-0.15, -0.1) is 0 Å². The van der Waals surface area contributed by atoms with Gasteiger partial charge in [-0.2, -0.15) is 0 Å². The van der Waals surface area contributed by atoms with Crippen LogP contribution < -0.4 is 4.90 Å². The Morgan fingerprint density at radius 1 is 0.960 bits per heavy atom. The number of benzene rings is 2. The summed E-state index contributed by atoms with van der Waals surface area (Å²) in [6.45, 7) is 3.20. The summed E-state index contributed by atoms with van der Waals surface area (Å²) < 4.78 is 5.43. The summed E-state index contributed by atoms with van der Waals surface area (Å²) in [7, 11) is 0. The van der Waals surface area contributed by atoms with Crippen LogP contribution in [0, 0.1) is 0 Å². The molecule has 1 aliphatic heterocycles. The van der Waals surface area contributed by atoms with Gasteiger partial charge < -0.3 is 14.5 Å². The first-order valence-electron chi connectivity index (χ1n) is 8.29. The fourth-order valence-electron chi connectivity index (χ4n) is 2.85. The Labute approximate surface area is 157 Å². The zero-order valence-electron chi connectivity index (χ0n) is 13.8. The SMILES string of the molecule is O=C(OCc1ccccc1)N1CCCN(c2ccc(Cl)c(Cl)c2)CC1. The van der Waals surface area contributed by atoms with Gasteiger partial charge in [0, 0.05) is 31.9 Å². The van der Waals surface area contributed by atoms with E-state index < -0.39 is 0 Å². The number of carbonyl (C=O) groups excluding carboxylic acids is 1. The van der Waals surface area contributed by atoms with Gasteiger partial charge in [0.2, 0.25) is 0 Å². The minimum Gasteiger partial charge on any atom is -0.445 e. The predicted molar refractivity (Wildman–Crippen MR) is 101 cm³/mol. The standard InChI is InChI=1S/C19H20Cl2N2O2/c20-17-8-7-16(13-18(17)21)22-9-4-10-23(12-11-22)19(24)25-14-15-5-2-1-3-6-15/h1-3,5-8,13H,4,9-12,14H2. The van der Waals surface area contributed by atoms with Crippen LogP contribution in [0.15, 0.2) is 48.5 Å². The molecule has 0 aromatic heterocycles. The molecule has 0 aliphatic carbocycles. The highest BCUT2D eigenvalue weighted by molar-refractivity contribution is 6.42. The van der Waals surface area contributed by atoms with Crippen molar-refractivity contribution in [1.82, 2.24) is 4.90 Å². The van der Waals surface area contributed by atoms with Crippen LogP contribution in [0.1, 0.15) is 12.0 Å². The summed E-state index contributed by atoms with van der Waals surface area (Å²) in [4.78, 5) is 16.3. The zero-order chi connectivity index (χ0) is 17.6. The molecule has 0 atom stereocenters. The Kier molecular flexibility index (Phi) is 6.05. The second-order valence-corrected chi connectivity index (χ2v) is 6.78. The summed E-state index contributed by atoms with van der Waals surface area (Å²) in [5.74, 6) is 0. The lowest BCUT2D eigenvalue weighted by Crippen LogP contribution is -2.35. The summed E-state index contributed by atoms with van der Waals surface area (Å²) in [6.07, 6.45) is 0.612. The molecule has 25 heavy (non-hydrogen) atoms. The Hall–Kier alpha value is -1.91. The van der Waals surface area contributed by atoms with Gasteiger partial charge in [-0.3, -0.25) is 0 Å². The lowest BCUT2D eigenvalue weighted by Gasteiger charge is -2.23. The van der Waals surface area contributed by atoms with E-state index in [0.717, 1.165) is 30.8 Å². The van der Waals surface area contributed by atoms with Crippen molar-refractivity contribution in [3.05, 3.63) is 64.1 Å². The number of anilines is 1. The first-order valence-corrected chi connectivity index (χ1v) is 9.05. The first kappa shape index (κ1) is 17.9. The van der Waals surface area contributed by atoms with Crippen LogP contribution in [0.3, 0.4) is 0 Å². The van der Waals surface area contributed by atoms with Gasteiger partial charge in [-0.05, 0) is 30.2 Å². The first-order chi connectivity index (χ1) is 12.1. The van der Waals surface area contributed by atoms with Crippen LogP contribution in [0.5, 0.6) is 0 Å². The van der Waals surface area contributed by atoms with Crippen molar-refractivity contribution in [2.75, 3.05) is 31.1 Å². The quantitative estimate of drug-likeness (QED) is 0.765. The number of amides is 1. The fourth-order valence-corrected chi connectivity index (χ4v) is 3.14. The van der Waals surface area contributed by atoms with E-state index in [1.807, 2.05) is 42.5 Å². The second-order valence-electron chi connectivity index (χ2n) is 5.97. The van der Waals surface area contributed by atoms with E-state index in [9.17, 15) is 4.79 Å². The van der Waals surface area contributed by atoms with Crippen molar-refractivity contribution in [3.8, 4) is 0 Å². The van der Waals surface area contributed by atoms with Gasteiger partial charge in [0.25, 0.3) is 0 Å². The van der Waals surface area contributed by atoms with Gasteiger partial charge in [0.05, 0.1) is 10.0 Å². The molecule has 1 heterocycles. The Morgan fingerprint density at radius 3 is 2.52 bits per heavy atom. The van der Waals surface area contributed by atoms with Crippen molar-refractivity contribution in [2.24, 2.45) is 0 Å². The molecule has 6 heteroatoms. The molecule has 132 valence electrons. The Balaban J connectivity index is 1.55. The molecule has 1 amide bonds. The lowest BCUT2D eigenvalue weighted by molar-refractivity contribution is 0.0986. The average Bonchev–Trinajstić information content (AvgIpc) is 2.89. The minimum atomic E-state index is -0.264. The van der Waals surface area contributed by atoms with Gasteiger partial charge in [0.15, 0.2) is 0 Å². The van der Waals surface area contributed by atoms with Crippen LogP contribution in [-0.2, 0) is 11.3 Å². The van der Waals surface area contributed by atoms with E-state index in [0.29, 0.717) is 29.7 Å². The molecular formula is C19H20Cl2N2O2. The minimum absolute atomic E-state index is 0.264. The van der Waals surface area contributed by atoms with E-state index in [4.69, 9.17) is 27.9 Å². The van der Waals surface area contributed by atoms with E-state index in [1.165, 1.54) is 0 Å². The van der Waals surface area contributed by atoms with E-state index in [-0.39, 0.29) is 6.09 Å². The number of ether oxygens (including phenoxy) is 1. The summed E-state index contributed by atoms with van der Waals surface area (Å²) in [6, 6.07) is 15.3. The summed E-state index contributed by atoms with van der Waals surface area (Å²) in [5.41, 5.74) is 2.01. The molecule has 0 radical (unpaired) electrons. The molecule has 0 N–H and O–H groups in total. The van der Waals surface area contributed by atoms with Crippen molar-refractivity contribution in [2.45, 2.75) is 13.0 Å². The highest BCUT2D eigenvalue weighted by Crippen LogP contribution is 2.27. The summed E-state index contributed by atoms with van der Waals surface area (Å²) in [5, 5.41) is 1.09. The van der Waals surface area contributed by atoms with Gasteiger partial charge in [0.1, 0.15) is 6.61 Å². The maximum Gasteiger partial charge on any atom is 0.410 e. The number of nitrogens with zero attached hydrogens (tertiary/aromatic N) is 2. The van der Waals surface area contributed by atoms with E-state index in [1.54, 1.807) is 11.0 Å². The summed E-state index contributed by atoms with van der Waals surface area (Å²) >= 11 is 12.1. The molecule has 1 saturated heterocycles. The van der Waals surface area contributed by atoms with Gasteiger partial charge >= 0.3 is 6.09 Å². The molecule has 1 fully saturated rings. The topological polar surface area (TPSA) is 32.8 Å². The molecule has 2 aromatic carbocycles. The molecule has 3 rings (SSSR count). The molecule has 1 aliphatic rings. The third kappa shape index (κ3) is 4.80. The van der Waals surface area contributed by atoms with Crippen LogP contribution in [0.25, 0.3) is 0 Å². The number of hydrogen-bond donors (Lipinski definition) is 0. The number of rotatable bonds is 3. The molecule has 0 unspecified atom stereocenters. The number of halogens is 2. The number of carbonyl (C=O) groups is 1. The van der Waals surface area contributed by atoms with Crippen LogP contribution in [0.2, 0.25) is 10.0 Å². The molecule has 4 nitrogen and oxygen atoms in total. The Bertz CT molecular complexity index is 725. The van der Waals surface area contributed by atoms with Crippen LogP contribution >= 0.6 is 23.2 Å². The predicted octanol–water partition coefficient (Wildman–Crippen LogP) is 4.84. The third-order valence-corrected chi connectivity index (χ3v) is 4.97. The van der Waals surface area contributed by atoms with Crippen LogP contribution in [-0.4, -0.2) is 37.2 Å². The van der Waals surface area contributed by atoms with Crippen molar-refractivity contribution in [1.29, 1.82) is 0 Å². The smallest absolute Gasteiger partial charge is 0.410 e. The van der Waals surface area contributed by atoms with Crippen molar-refractivity contribution in [3.63, 3.8) is 0 Å². The molecule has 0 bridgehead atoms. The van der Waals surface area contributed by atoms with Gasteiger partial charge in [-0.25, -0.2) is 4.79 Å². The fraction of sp³-hybridized carbons (Fsp3) is 0.316. The molecule has 2 aromatic rings. The average molecular weight is 379 g/mol. The second kappa shape index (κ2) is 8.45. The normalized spacial score (nSPS) is 15.0. The maximum absolute atomic E-state index is 12.3. The molecular weight excluding hydrogens is 359 g/mol. The molecule has 0 saturated carbocycles.